The van der Waals surface area contributed by atoms with Crippen molar-refractivity contribution in [2.45, 2.75) is 40.2 Å². The smallest absolute Gasteiger partial charge is 0.228 e. The summed E-state index contributed by atoms with van der Waals surface area (Å²) in [5.74, 6) is 1.09. The Kier molecular flexibility index (Phi) is 5.08. The fourth-order valence-corrected chi connectivity index (χ4v) is 3.81. The van der Waals surface area contributed by atoms with Gasteiger partial charge < -0.3 is 9.80 Å². The van der Waals surface area contributed by atoms with Crippen LogP contribution >= 0.6 is 11.5 Å². The SMILES string of the molecule is CC1CN(c2nc(Cc3ccccc3)ns2)CCN1C(=O)C(C)(C)C. The van der Waals surface area contributed by atoms with Crippen molar-refractivity contribution in [3.8, 4) is 0 Å². The molecular formula is C19H26N4OS. The molecule has 5 nitrogen and oxygen atoms in total. The quantitative estimate of drug-likeness (QED) is 0.845. The molecule has 1 amide bonds. The lowest BCUT2D eigenvalue weighted by Crippen LogP contribution is -2.56. The molecule has 2 aromatic rings. The molecule has 0 aliphatic carbocycles. The zero-order valence-electron chi connectivity index (χ0n) is 15.4. The fourth-order valence-electron chi connectivity index (χ4n) is 3.09. The van der Waals surface area contributed by atoms with Gasteiger partial charge in [0.25, 0.3) is 0 Å². The van der Waals surface area contributed by atoms with Gasteiger partial charge >= 0.3 is 0 Å². The summed E-state index contributed by atoms with van der Waals surface area (Å²) in [5.41, 5.74) is 0.892. The normalized spacial score (nSPS) is 18.5. The van der Waals surface area contributed by atoms with Crippen LogP contribution in [-0.2, 0) is 11.2 Å². The molecule has 134 valence electrons. The first kappa shape index (κ1) is 17.9. The molecule has 0 radical (unpaired) electrons. The van der Waals surface area contributed by atoms with Crippen LogP contribution in [0.15, 0.2) is 30.3 Å². The van der Waals surface area contributed by atoms with Gasteiger partial charge in [-0.05, 0) is 12.5 Å². The summed E-state index contributed by atoms with van der Waals surface area (Å²) in [6, 6.07) is 10.5. The molecule has 1 aromatic carbocycles. The molecule has 3 rings (SSSR count). The number of benzene rings is 1. The summed E-state index contributed by atoms with van der Waals surface area (Å²) in [7, 11) is 0. The fraction of sp³-hybridized carbons (Fsp3) is 0.526. The zero-order chi connectivity index (χ0) is 18.0. The van der Waals surface area contributed by atoms with E-state index in [0.29, 0.717) is 0 Å². The lowest BCUT2D eigenvalue weighted by molar-refractivity contribution is -0.142. The number of rotatable bonds is 3. The molecule has 1 aromatic heterocycles. The molecule has 0 spiro atoms. The Morgan fingerprint density at radius 1 is 1.24 bits per heavy atom. The Bertz CT molecular complexity index is 723. The van der Waals surface area contributed by atoms with Crippen LogP contribution in [-0.4, -0.2) is 45.8 Å². The van der Waals surface area contributed by atoms with Crippen molar-refractivity contribution in [3.05, 3.63) is 41.7 Å². The van der Waals surface area contributed by atoms with Gasteiger partial charge in [-0.1, -0.05) is 51.1 Å². The minimum absolute atomic E-state index is 0.182. The van der Waals surface area contributed by atoms with Crippen LogP contribution in [0.1, 0.15) is 39.1 Å². The van der Waals surface area contributed by atoms with E-state index in [1.54, 1.807) is 0 Å². The van der Waals surface area contributed by atoms with E-state index in [9.17, 15) is 4.79 Å². The van der Waals surface area contributed by atoms with Crippen molar-refractivity contribution < 1.29 is 4.79 Å². The van der Waals surface area contributed by atoms with Crippen molar-refractivity contribution in [2.24, 2.45) is 5.41 Å². The van der Waals surface area contributed by atoms with E-state index in [0.717, 1.165) is 37.0 Å². The standard InChI is InChI=1S/C19H26N4OS/c1-14-13-22(10-11-23(14)17(24)19(2,3)4)18-20-16(21-25-18)12-15-8-6-5-7-9-15/h5-9,14H,10-13H2,1-4H3. The van der Waals surface area contributed by atoms with Crippen LogP contribution in [0.5, 0.6) is 0 Å². The highest BCUT2D eigenvalue weighted by molar-refractivity contribution is 7.09. The van der Waals surface area contributed by atoms with Crippen molar-refractivity contribution in [1.29, 1.82) is 0 Å². The van der Waals surface area contributed by atoms with Crippen LogP contribution in [0.4, 0.5) is 5.13 Å². The molecule has 2 heterocycles. The Labute approximate surface area is 153 Å². The maximum atomic E-state index is 12.6. The van der Waals surface area contributed by atoms with Crippen LogP contribution in [0.25, 0.3) is 0 Å². The Hall–Kier alpha value is -1.95. The van der Waals surface area contributed by atoms with Crippen molar-refractivity contribution in [3.63, 3.8) is 0 Å². The number of nitrogens with zero attached hydrogens (tertiary/aromatic N) is 4. The summed E-state index contributed by atoms with van der Waals surface area (Å²) in [6.07, 6.45) is 0.759. The van der Waals surface area contributed by atoms with Gasteiger partial charge in [0.2, 0.25) is 11.0 Å². The summed E-state index contributed by atoms with van der Waals surface area (Å²) in [6.45, 7) is 10.4. The average Bonchev–Trinajstić information content (AvgIpc) is 3.03. The highest BCUT2D eigenvalue weighted by atomic mass is 32.1. The van der Waals surface area contributed by atoms with E-state index in [1.807, 2.05) is 43.9 Å². The topological polar surface area (TPSA) is 49.3 Å². The minimum Gasteiger partial charge on any atom is -0.343 e. The number of carbonyl (C=O) groups is 1. The highest BCUT2D eigenvalue weighted by Crippen LogP contribution is 2.25. The molecule has 1 unspecified atom stereocenters. The van der Waals surface area contributed by atoms with E-state index < -0.39 is 0 Å². The third kappa shape index (κ3) is 4.18. The molecule has 0 N–H and O–H groups in total. The molecule has 0 saturated carbocycles. The maximum absolute atomic E-state index is 12.6. The summed E-state index contributed by atoms with van der Waals surface area (Å²) in [5, 5.41) is 0.959. The molecule has 1 aliphatic heterocycles. The predicted molar refractivity (Wildman–Crippen MR) is 102 cm³/mol. The Balaban J connectivity index is 1.64. The van der Waals surface area contributed by atoms with Crippen LogP contribution in [0.2, 0.25) is 0 Å². The second-order valence-corrected chi connectivity index (χ2v) is 8.43. The zero-order valence-corrected chi connectivity index (χ0v) is 16.2. The first-order valence-electron chi connectivity index (χ1n) is 8.77. The third-order valence-electron chi connectivity index (χ3n) is 4.46. The van der Waals surface area contributed by atoms with Gasteiger partial charge in [-0.15, -0.1) is 0 Å². The van der Waals surface area contributed by atoms with Crippen molar-refractivity contribution in [2.75, 3.05) is 24.5 Å². The average molecular weight is 359 g/mol. The Morgan fingerprint density at radius 3 is 2.60 bits per heavy atom. The first-order chi connectivity index (χ1) is 11.8. The second kappa shape index (κ2) is 7.12. The number of hydrogen-bond acceptors (Lipinski definition) is 5. The number of hydrogen-bond donors (Lipinski definition) is 0. The van der Waals surface area contributed by atoms with Crippen LogP contribution < -0.4 is 4.90 Å². The van der Waals surface area contributed by atoms with Gasteiger partial charge in [-0.25, -0.2) is 4.98 Å². The van der Waals surface area contributed by atoms with Crippen molar-refractivity contribution in [1.82, 2.24) is 14.3 Å². The van der Waals surface area contributed by atoms with E-state index in [4.69, 9.17) is 4.98 Å². The van der Waals surface area contributed by atoms with Gasteiger partial charge in [-0.3, -0.25) is 4.79 Å². The second-order valence-electron chi connectivity index (χ2n) is 7.70. The van der Waals surface area contributed by atoms with Gasteiger partial charge in [0, 0.05) is 49.0 Å². The molecule has 1 saturated heterocycles. The van der Waals surface area contributed by atoms with Gasteiger partial charge in [0.1, 0.15) is 5.82 Å². The molecule has 1 fully saturated rings. The molecule has 1 aliphatic rings. The predicted octanol–water partition coefficient (Wildman–Crippen LogP) is 3.21. The van der Waals surface area contributed by atoms with E-state index in [2.05, 4.69) is 28.3 Å². The van der Waals surface area contributed by atoms with Crippen molar-refractivity contribution >= 4 is 22.6 Å². The van der Waals surface area contributed by atoms with E-state index in [1.165, 1.54) is 17.1 Å². The molecular weight excluding hydrogens is 332 g/mol. The Morgan fingerprint density at radius 2 is 1.96 bits per heavy atom. The molecule has 0 bridgehead atoms. The first-order valence-corrected chi connectivity index (χ1v) is 9.54. The van der Waals surface area contributed by atoms with E-state index in [-0.39, 0.29) is 17.4 Å². The number of carbonyl (C=O) groups excluding carboxylic acids is 1. The number of aromatic nitrogens is 2. The van der Waals surface area contributed by atoms with Crippen LogP contribution in [0, 0.1) is 5.41 Å². The molecule has 6 heteroatoms. The number of piperazine rings is 1. The molecule has 25 heavy (non-hydrogen) atoms. The highest BCUT2D eigenvalue weighted by Gasteiger charge is 2.34. The number of amides is 1. The maximum Gasteiger partial charge on any atom is 0.228 e. The summed E-state index contributed by atoms with van der Waals surface area (Å²) in [4.78, 5) is 21.5. The van der Waals surface area contributed by atoms with E-state index >= 15 is 0 Å². The van der Waals surface area contributed by atoms with Gasteiger partial charge in [0.15, 0.2) is 0 Å². The summed E-state index contributed by atoms with van der Waals surface area (Å²) < 4.78 is 4.51. The largest absolute Gasteiger partial charge is 0.343 e. The van der Waals surface area contributed by atoms with Gasteiger partial charge in [0.05, 0.1) is 0 Å². The molecule has 1 atom stereocenters. The number of anilines is 1. The van der Waals surface area contributed by atoms with Crippen LogP contribution in [0.3, 0.4) is 0 Å². The summed E-state index contributed by atoms with van der Waals surface area (Å²) >= 11 is 1.45. The third-order valence-corrected chi connectivity index (χ3v) is 5.28. The monoisotopic (exact) mass is 358 g/mol. The van der Waals surface area contributed by atoms with Gasteiger partial charge in [-0.2, -0.15) is 4.37 Å². The minimum atomic E-state index is -0.331. The lowest BCUT2D eigenvalue weighted by atomic mass is 9.93. The lowest BCUT2D eigenvalue weighted by Gasteiger charge is -2.42.